The molecular formula is C20H19N5O. The van der Waals surface area contributed by atoms with Gasteiger partial charge < -0.3 is 4.98 Å². The van der Waals surface area contributed by atoms with E-state index in [-0.39, 0.29) is 5.56 Å². The molecule has 0 radical (unpaired) electrons. The molecule has 0 saturated heterocycles. The largest absolute Gasteiger partial charge is 0.358 e. The van der Waals surface area contributed by atoms with Gasteiger partial charge in [-0.2, -0.15) is 5.10 Å². The Bertz CT molecular complexity index is 1190. The van der Waals surface area contributed by atoms with Crippen molar-refractivity contribution in [1.82, 2.24) is 14.5 Å². The third-order valence-electron chi connectivity index (χ3n) is 4.48. The highest BCUT2D eigenvalue weighted by Gasteiger charge is 2.09. The Morgan fingerprint density at radius 1 is 1.15 bits per heavy atom. The van der Waals surface area contributed by atoms with Crippen LogP contribution in [0.3, 0.4) is 0 Å². The molecule has 6 heteroatoms. The number of hydrazone groups is 1. The molecule has 0 aliphatic heterocycles. The maximum Gasteiger partial charge on any atom is 0.262 e. The Balaban J connectivity index is 1.72. The first-order valence-electron chi connectivity index (χ1n) is 8.55. The number of para-hydroxylation sites is 2. The summed E-state index contributed by atoms with van der Waals surface area (Å²) in [7, 11) is 0. The summed E-state index contributed by atoms with van der Waals surface area (Å²) in [4.78, 5) is 20.5. The molecular weight excluding hydrogens is 326 g/mol. The molecule has 4 rings (SSSR count). The normalized spacial score (nSPS) is 11.6. The number of anilines is 1. The van der Waals surface area contributed by atoms with Crippen molar-refractivity contribution in [2.75, 3.05) is 5.43 Å². The van der Waals surface area contributed by atoms with Crippen molar-refractivity contribution in [2.24, 2.45) is 5.10 Å². The quantitative estimate of drug-likeness (QED) is 0.438. The highest BCUT2D eigenvalue weighted by Crippen LogP contribution is 2.20. The van der Waals surface area contributed by atoms with Crippen LogP contribution in [0.5, 0.6) is 0 Å². The zero-order chi connectivity index (χ0) is 18.1. The molecule has 2 heterocycles. The van der Waals surface area contributed by atoms with Gasteiger partial charge >= 0.3 is 0 Å². The average Bonchev–Trinajstić information content (AvgIpc) is 2.97. The van der Waals surface area contributed by atoms with Crippen LogP contribution < -0.4 is 11.0 Å². The number of aromatic amines is 1. The molecule has 0 atom stereocenters. The maximum absolute atomic E-state index is 12.6. The number of aromatic nitrogens is 3. The molecule has 2 aromatic carbocycles. The van der Waals surface area contributed by atoms with Gasteiger partial charge in [-0.05, 0) is 32.0 Å². The van der Waals surface area contributed by atoms with Gasteiger partial charge in [-0.1, -0.05) is 30.3 Å². The monoisotopic (exact) mass is 345 g/mol. The molecule has 2 N–H and O–H groups in total. The lowest BCUT2D eigenvalue weighted by Gasteiger charge is -2.10. The Kier molecular flexibility index (Phi) is 4.01. The van der Waals surface area contributed by atoms with Crippen LogP contribution in [0.4, 0.5) is 5.95 Å². The van der Waals surface area contributed by atoms with Gasteiger partial charge in [-0.15, -0.1) is 0 Å². The molecule has 0 aliphatic rings. The van der Waals surface area contributed by atoms with Gasteiger partial charge in [0, 0.05) is 28.7 Å². The topological polar surface area (TPSA) is 75.1 Å². The second-order valence-electron chi connectivity index (χ2n) is 6.08. The number of nitrogens with zero attached hydrogens (tertiary/aromatic N) is 3. The standard InChI is InChI=1S/C20H19N5O/c1-3-25-19(26)15-9-5-7-11-18(15)23-20(25)24-21-12-16-13(2)22-17-10-6-4-8-14(16)17/h4-12,22H,3H2,1-2H3,(H,23,24)/b21-12+. The van der Waals surface area contributed by atoms with Crippen molar-refractivity contribution in [2.45, 2.75) is 20.4 Å². The van der Waals surface area contributed by atoms with E-state index in [0.29, 0.717) is 23.4 Å². The minimum Gasteiger partial charge on any atom is -0.358 e. The third kappa shape index (κ3) is 2.65. The Hall–Kier alpha value is -3.41. The van der Waals surface area contributed by atoms with E-state index in [0.717, 1.165) is 22.2 Å². The number of nitrogens with one attached hydrogen (secondary N) is 2. The van der Waals surface area contributed by atoms with E-state index in [1.54, 1.807) is 16.8 Å². The number of rotatable bonds is 4. The molecule has 6 nitrogen and oxygen atoms in total. The highest BCUT2D eigenvalue weighted by atomic mass is 16.1. The summed E-state index contributed by atoms with van der Waals surface area (Å²) < 4.78 is 1.59. The summed E-state index contributed by atoms with van der Waals surface area (Å²) in [5.74, 6) is 0.435. The zero-order valence-corrected chi connectivity index (χ0v) is 14.7. The molecule has 0 aliphatic carbocycles. The fraction of sp³-hybridized carbons (Fsp3) is 0.150. The minimum absolute atomic E-state index is 0.0703. The fourth-order valence-electron chi connectivity index (χ4n) is 3.17. The van der Waals surface area contributed by atoms with Crippen LogP contribution >= 0.6 is 0 Å². The van der Waals surface area contributed by atoms with E-state index in [1.807, 2.05) is 50.2 Å². The molecule has 0 spiro atoms. The lowest BCUT2D eigenvalue weighted by Crippen LogP contribution is -2.23. The van der Waals surface area contributed by atoms with Crippen molar-refractivity contribution in [3.63, 3.8) is 0 Å². The van der Waals surface area contributed by atoms with Crippen molar-refractivity contribution in [1.29, 1.82) is 0 Å². The number of H-pyrrole nitrogens is 1. The van der Waals surface area contributed by atoms with E-state index >= 15 is 0 Å². The van der Waals surface area contributed by atoms with Crippen molar-refractivity contribution in [3.05, 3.63) is 70.1 Å². The molecule has 2 aromatic heterocycles. The van der Waals surface area contributed by atoms with Crippen molar-refractivity contribution >= 4 is 34.0 Å². The van der Waals surface area contributed by atoms with Crippen LogP contribution in [0.1, 0.15) is 18.2 Å². The Morgan fingerprint density at radius 2 is 1.88 bits per heavy atom. The van der Waals surface area contributed by atoms with Crippen LogP contribution in [-0.4, -0.2) is 20.7 Å². The van der Waals surface area contributed by atoms with Crippen LogP contribution in [0.15, 0.2) is 58.4 Å². The van der Waals surface area contributed by atoms with Gasteiger partial charge in [0.1, 0.15) is 0 Å². The van der Waals surface area contributed by atoms with Crippen LogP contribution in [-0.2, 0) is 6.54 Å². The van der Waals surface area contributed by atoms with Crippen LogP contribution in [0.25, 0.3) is 21.8 Å². The summed E-state index contributed by atoms with van der Waals surface area (Å²) in [5, 5.41) is 6.05. The third-order valence-corrected chi connectivity index (χ3v) is 4.48. The van der Waals surface area contributed by atoms with E-state index in [1.165, 1.54) is 0 Å². The van der Waals surface area contributed by atoms with Gasteiger partial charge in [0.2, 0.25) is 5.95 Å². The van der Waals surface area contributed by atoms with Gasteiger partial charge in [0.15, 0.2) is 0 Å². The Morgan fingerprint density at radius 3 is 2.69 bits per heavy atom. The molecule has 0 fully saturated rings. The SMILES string of the molecule is CCn1c(N/N=C/c2c(C)[nH]c3ccccc23)nc2ccccc2c1=O. The summed E-state index contributed by atoms with van der Waals surface area (Å²) in [6, 6.07) is 15.4. The summed E-state index contributed by atoms with van der Waals surface area (Å²) in [5.41, 5.74) is 6.64. The van der Waals surface area contributed by atoms with Crippen LogP contribution in [0.2, 0.25) is 0 Å². The summed E-state index contributed by atoms with van der Waals surface area (Å²) in [6.45, 7) is 4.44. The highest BCUT2D eigenvalue weighted by molar-refractivity contribution is 6.00. The molecule has 0 unspecified atom stereocenters. The summed E-state index contributed by atoms with van der Waals surface area (Å²) in [6.07, 6.45) is 1.76. The van der Waals surface area contributed by atoms with E-state index < -0.39 is 0 Å². The van der Waals surface area contributed by atoms with E-state index in [2.05, 4.69) is 26.6 Å². The lowest BCUT2D eigenvalue weighted by atomic mass is 10.1. The van der Waals surface area contributed by atoms with E-state index in [4.69, 9.17) is 0 Å². The molecule has 0 amide bonds. The minimum atomic E-state index is -0.0703. The van der Waals surface area contributed by atoms with Gasteiger partial charge in [0.25, 0.3) is 5.56 Å². The maximum atomic E-state index is 12.6. The first-order chi connectivity index (χ1) is 12.7. The van der Waals surface area contributed by atoms with Crippen molar-refractivity contribution < 1.29 is 0 Å². The first-order valence-corrected chi connectivity index (χ1v) is 8.55. The molecule has 4 aromatic rings. The Labute approximate surface area is 150 Å². The lowest BCUT2D eigenvalue weighted by molar-refractivity contribution is 0.724. The average molecular weight is 345 g/mol. The fourth-order valence-corrected chi connectivity index (χ4v) is 3.17. The number of hydrogen-bond donors (Lipinski definition) is 2. The van der Waals surface area contributed by atoms with Crippen molar-refractivity contribution in [3.8, 4) is 0 Å². The second kappa shape index (κ2) is 6.48. The number of aryl methyl sites for hydroxylation is 1. The van der Waals surface area contributed by atoms with E-state index in [9.17, 15) is 4.79 Å². The van der Waals surface area contributed by atoms with Gasteiger partial charge in [-0.3, -0.25) is 9.36 Å². The predicted octanol–water partition coefficient (Wildman–Crippen LogP) is 3.65. The van der Waals surface area contributed by atoms with Crippen LogP contribution in [0, 0.1) is 6.92 Å². The predicted molar refractivity (Wildman–Crippen MR) is 106 cm³/mol. The molecule has 26 heavy (non-hydrogen) atoms. The molecule has 0 saturated carbocycles. The second-order valence-corrected chi connectivity index (χ2v) is 6.08. The molecule has 0 bridgehead atoms. The van der Waals surface area contributed by atoms with Gasteiger partial charge in [-0.25, -0.2) is 10.4 Å². The smallest absolute Gasteiger partial charge is 0.262 e. The molecule has 130 valence electrons. The summed E-state index contributed by atoms with van der Waals surface area (Å²) >= 11 is 0. The number of fused-ring (bicyclic) bond motifs is 2. The zero-order valence-electron chi connectivity index (χ0n) is 14.7. The number of hydrogen-bond acceptors (Lipinski definition) is 4. The number of benzene rings is 2. The van der Waals surface area contributed by atoms with Gasteiger partial charge in [0.05, 0.1) is 17.1 Å². The first kappa shape index (κ1) is 16.1.